The summed E-state index contributed by atoms with van der Waals surface area (Å²) in [4.78, 5) is 15.7. The number of rotatable bonds is 2. The second kappa shape index (κ2) is 3.71. The fourth-order valence-electron chi connectivity index (χ4n) is 1.42. The lowest BCUT2D eigenvalue weighted by atomic mass is 10.3. The smallest absolute Gasteiger partial charge is 0.355 e. The molecule has 0 fully saturated rings. The lowest BCUT2D eigenvalue weighted by Crippen LogP contribution is -1.98. The summed E-state index contributed by atoms with van der Waals surface area (Å²) in [5, 5.41) is 13.7. The first-order valence-corrected chi connectivity index (χ1v) is 5.52. The zero-order valence-electron chi connectivity index (χ0n) is 9.18. The van der Waals surface area contributed by atoms with E-state index in [1.165, 1.54) is 11.3 Å². The average Bonchev–Trinajstić information content (AvgIpc) is 2.73. The van der Waals surface area contributed by atoms with Gasteiger partial charge in [-0.3, -0.25) is 4.68 Å². The van der Waals surface area contributed by atoms with Gasteiger partial charge in [-0.2, -0.15) is 5.10 Å². The van der Waals surface area contributed by atoms with Crippen LogP contribution in [0.25, 0.3) is 10.6 Å². The minimum Gasteiger partial charge on any atom is -0.476 e. The highest BCUT2D eigenvalue weighted by molar-refractivity contribution is 7.15. The molecule has 0 aliphatic rings. The molecule has 5 nitrogen and oxygen atoms in total. The van der Waals surface area contributed by atoms with Crippen LogP contribution in [0.15, 0.2) is 6.20 Å². The first-order chi connectivity index (χ1) is 7.50. The number of carboxylic acids is 1. The molecule has 0 aliphatic carbocycles. The van der Waals surface area contributed by atoms with Crippen molar-refractivity contribution in [3.8, 4) is 10.6 Å². The van der Waals surface area contributed by atoms with E-state index in [1.807, 2.05) is 14.0 Å². The van der Waals surface area contributed by atoms with Gasteiger partial charge in [0, 0.05) is 17.6 Å². The first-order valence-electron chi connectivity index (χ1n) is 4.70. The largest absolute Gasteiger partial charge is 0.476 e. The van der Waals surface area contributed by atoms with Crippen molar-refractivity contribution in [2.75, 3.05) is 0 Å². The predicted octanol–water partition coefficient (Wildman–Crippen LogP) is 1.86. The minimum absolute atomic E-state index is 0.128. The van der Waals surface area contributed by atoms with Gasteiger partial charge >= 0.3 is 5.97 Å². The molecule has 1 N–H and O–H groups in total. The van der Waals surface area contributed by atoms with Gasteiger partial charge in [0.25, 0.3) is 0 Å². The summed E-state index contributed by atoms with van der Waals surface area (Å²) in [5.74, 6) is -0.985. The molecule has 84 valence electrons. The summed E-state index contributed by atoms with van der Waals surface area (Å²) in [6.07, 6.45) is 1.71. The maximum atomic E-state index is 10.9. The Morgan fingerprint density at radius 2 is 2.19 bits per heavy atom. The number of thiazole rings is 1. The van der Waals surface area contributed by atoms with E-state index >= 15 is 0 Å². The molecule has 0 saturated carbocycles. The van der Waals surface area contributed by atoms with Crippen LogP contribution in [0, 0.1) is 13.8 Å². The van der Waals surface area contributed by atoms with Crippen LogP contribution in [0.4, 0.5) is 0 Å². The predicted molar refractivity (Wildman–Crippen MR) is 60.7 cm³/mol. The van der Waals surface area contributed by atoms with Gasteiger partial charge in [-0.25, -0.2) is 9.78 Å². The zero-order valence-corrected chi connectivity index (χ0v) is 10.00. The Labute approximate surface area is 96.4 Å². The molecule has 0 aliphatic heterocycles. The van der Waals surface area contributed by atoms with Crippen LogP contribution < -0.4 is 0 Å². The Balaban J connectivity index is 2.53. The van der Waals surface area contributed by atoms with Crippen molar-refractivity contribution in [3.05, 3.63) is 22.5 Å². The normalized spacial score (nSPS) is 10.7. The Morgan fingerprint density at radius 3 is 2.62 bits per heavy atom. The van der Waals surface area contributed by atoms with Crippen molar-refractivity contribution in [2.24, 2.45) is 7.05 Å². The topological polar surface area (TPSA) is 68.0 Å². The van der Waals surface area contributed by atoms with Crippen LogP contribution >= 0.6 is 11.3 Å². The molecule has 2 heterocycles. The van der Waals surface area contributed by atoms with Gasteiger partial charge in [-0.05, 0) is 13.8 Å². The highest BCUT2D eigenvalue weighted by Gasteiger charge is 2.17. The minimum atomic E-state index is -0.985. The molecule has 2 aromatic heterocycles. The molecule has 0 spiro atoms. The lowest BCUT2D eigenvalue weighted by molar-refractivity contribution is 0.0690. The maximum Gasteiger partial charge on any atom is 0.355 e. The Morgan fingerprint density at radius 1 is 1.50 bits per heavy atom. The quantitative estimate of drug-likeness (QED) is 0.865. The summed E-state index contributed by atoms with van der Waals surface area (Å²) in [6.45, 7) is 3.69. The van der Waals surface area contributed by atoms with Crippen molar-refractivity contribution in [2.45, 2.75) is 13.8 Å². The van der Waals surface area contributed by atoms with Crippen LogP contribution in [0.1, 0.15) is 21.1 Å². The number of aromatic carboxylic acids is 1. The monoisotopic (exact) mass is 237 g/mol. The van der Waals surface area contributed by atoms with Gasteiger partial charge in [0.15, 0.2) is 5.69 Å². The zero-order chi connectivity index (χ0) is 11.9. The SMILES string of the molecule is Cc1sc(-c2cnn(C)c2C)nc1C(=O)O. The molecule has 0 saturated heterocycles. The number of nitrogens with zero attached hydrogens (tertiary/aromatic N) is 3. The first kappa shape index (κ1) is 10.8. The van der Waals surface area contributed by atoms with Gasteiger partial charge in [0.2, 0.25) is 0 Å². The van der Waals surface area contributed by atoms with Crippen LogP contribution in [0.2, 0.25) is 0 Å². The Hall–Kier alpha value is -1.69. The fourth-order valence-corrected chi connectivity index (χ4v) is 2.39. The lowest BCUT2D eigenvalue weighted by Gasteiger charge is -1.95. The van der Waals surface area contributed by atoms with Crippen LogP contribution in [0.3, 0.4) is 0 Å². The summed E-state index contributed by atoms with van der Waals surface area (Å²) < 4.78 is 1.74. The van der Waals surface area contributed by atoms with Gasteiger partial charge < -0.3 is 5.11 Å². The molecule has 0 radical (unpaired) electrons. The second-order valence-electron chi connectivity index (χ2n) is 3.50. The van der Waals surface area contributed by atoms with E-state index in [0.29, 0.717) is 9.88 Å². The average molecular weight is 237 g/mol. The van der Waals surface area contributed by atoms with Gasteiger partial charge in [-0.1, -0.05) is 0 Å². The van der Waals surface area contributed by atoms with Crippen molar-refractivity contribution in [1.29, 1.82) is 0 Å². The van der Waals surface area contributed by atoms with E-state index in [-0.39, 0.29) is 5.69 Å². The fraction of sp³-hybridized carbons (Fsp3) is 0.300. The summed E-state index contributed by atoms with van der Waals surface area (Å²) in [6, 6.07) is 0. The molecule has 0 aromatic carbocycles. The summed E-state index contributed by atoms with van der Waals surface area (Å²) in [7, 11) is 1.84. The molecule has 0 atom stereocenters. The van der Waals surface area contributed by atoms with E-state index in [2.05, 4.69) is 10.1 Å². The standard InChI is InChI=1S/C10H11N3O2S/c1-5-7(4-11-13(5)3)9-12-8(10(14)15)6(2)16-9/h4H,1-3H3,(H,14,15). The van der Waals surface area contributed by atoms with E-state index in [1.54, 1.807) is 17.8 Å². The highest BCUT2D eigenvalue weighted by Crippen LogP contribution is 2.29. The Kier molecular flexibility index (Phi) is 2.51. The third-order valence-electron chi connectivity index (χ3n) is 2.46. The van der Waals surface area contributed by atoms with E-state index < -0.39 is 5.97 Å². The molecule has 6 heteroatoms. The third kappa shape index (κ3) is 1.61. The molecule has 0 unspecified atom stereocenters. The van der Waals surface area contributed by atoms with Crippen LogP contribution in [-0.4, -0.2) is 25.8 Å². The van der Waals surface area contributed by atoms with Gasteiger partial charge in [0.05, 0.1) is 11.8 Å². The maximum absolute atomic E-state index is 10.9. The number of hydrogen-bond donors (Lipinski definition) is 1. The second-order valence-corrected chi connectivity index (χ2v) is 4.70. The molecule has 2 rings (SSSR count). The van der Waals surface area contributed by atoms with E-state index in [0.717, 1.165) is 11.3 Å². The number of carbonyl (C=O) groups is 1. The van der Waals surface area contributed by atoms with Crippen molar-refractivity contribution in [3.63, 3.8) is 0 Å². The number of aryl methyl sites for hydroxylation is 2. The summed E-state index contributed by atoms with van der Waals surface area (Å²) in [5.41, 5.74) is 2.00. The summed E-state index contributed by atoms with van der Waals surface area (Å²) >= 11 is 1.38. The molecule has 2 aromatic rings. The van der Waals surface area contributed by atoms with Crippen LogP contribution in [0.5, 0.6) is 0 Å². The van der Waals surface area contributed by atoms with Crippen molar-refractivity contribution >= 4 is 17.3 Å². The third-order valence-corrected chi connectivity index (χ3v) is 3.47. The number of carboxylic acid groups (broad SMARTS) is 1. The molecule has 16 heavy (non-hydrogen) atoms. The highest BCUT2D eigenvalue weighted by atomic mass is 32.1. The van der Waals surface area contributed by atoms with Crippen molar-refractivity contribution in [1.82, 2.24) is 14.8 Å². The molecule has 0 bridgehead atoms. The number of hydrogen-bond acceptors (Lipinski definition) is 4. The van der Waals surface area contributed by atoms with Gasteiger partial charge in [0.1, 0.15) is 5.01 Å². The molecular weight excluding hydrogens is 226 g/mol. The van der Waals surface area contributed by atoms with E-state index in [4.69, 9.17) is 5.11 Å². The van der Waals surface area contributed by atoms with Gasteiger partial charge in [-0.15, -0.1) is 11.3 Å². The number of aromatic nitrogens is 3. The van der Waals surface area contributed by atoms with E-state index in [9.17, 15) is 4.79 Å². The van der Waals surface area contributed by atoms with Crippen LogP contribution in [-0.2, 0) is 7.05 Å². The van der Waals surface area contributed by atoms with Crippen molar-refractivity contribution < 1.29 is 9.90 Å². The molecular formula is C10H11N3O2S. The molecule has 0 amide bonds. The Bertz CT molecular complexity index is 556.